The van der Waals surface area contributed by atoms with E-state index in [1.54, 1.807) is 25.3 Å². The first-order valence-corrected chi connectivity index (χ1v) is 7.58. The van der Waals surface area contributed by atoms with Gasteiger partial charge in [0, 0.05) is 18.3 Å². The van der Waals surface area contributed by atoms with E-state index in [9.17, 15) is 4.79 Å². The molecule has 1 aromatic carbocycles. The maximum Gasteiger partial charge on any atom is 0.241 e. The summed E-state index contributed by atoms with van der Waals surface area (Å²) >= 11 is 0. The standard InChI is InChI=1S/C16H23N3O2/c1-10(19-9-11-3-5-13(19)7-11)16(20)18-14-8-12(17)4-6-15(14)21-2/h4,6,8,10-11,13H,3,5,7,9,17H2,1-2H3,(H,18,20). The topological polar surface area (TPSA) is 67.6 Å². The fourth-order valence-corrected chi connectivity index (χ4v) is 3.65. The second kappa shape index (κ2) is 5.56. The smallest absolute Gasteiger partial charge is 0.241 e. The molecule has 1 aliphatic heterocycles. The maximum absolute atomic E-state index is 12.5. The Hall–Kier alpha value is -1.75. The number of anilines is 2. The summed E-state index contributed by atoms with van der Waals surface area (Å²) in [6.07, 6.45) is 3.79. The number of nitrogens with zero attached hydrogens (tertiary/aromatic N) is 1. The van der Waals surface area contributed by atoms with E-state index in [1.165, 1.54) is 19.3 Å². The highest BCUT2D eigenvalue weighted by Crippen LogP contribution is 2.38. The normalized spacial score (nSPS) is 25.8. The minimum absolute atomic E-state index is 0.00597. The molecule has 0 aromatic heterocycles. The summed E-state index contributed by atoms with van der Waals surface area (Å²) in [5.74, 6) is 1.42. The summed E-state index contributed by atoms with van der Waals surface area (Å²) in [5, 5.41) is 2.95. The van der Waals surface area contributed by atoms with E-state index in [0.717, 1.165) is 12.5 Å². The van der Waals surface area contributed by atoms with Gasteiger partial charge in [0.15, 0.2) is 0 Å². The molecule has 1 heterocycles. The molecular weight excluding hydrogens is 266 g/mol. The van der Waals surface area contributed by atoms with E-state index in [-0.39, 0.29) is 11.9 Å². The van der Waals surface area contributed by atoms with Crippen molar-refractivity contribution in [2.75, 3.05) is 24.7 Å². The number of hydrogen-bond acceptors (Lipinski definition) is 4. The Balaban J connectivity index is 1.70. The molecule has 1 amide bonds. The summed E-state index contributed by atoms with van der Waals surface area (Å²) in [5.41, 5.74) is 7.04. The molecule has 5 nitrogen and oxygen atoms in total. The summed E-state index contributed by atoms with van der Waals surface area (Å²) in [7, 11) is 1.59. The lowest BCUT2D eigenvalue weighted by Crippen LogP contribution is -2.46. The van der Waals surface area contributed by atoms with Gasteiger partial charge in [-0.1, -0.05) is 0 Å². The number of hydrogen-bond donors (Lipinski definition) is 2. The average Bonchev–Trinajstić information content (AvgIpc) is 3.09. The number of nitrogen functional groups attached to an aromatic ring is 1. The van der Waals surface area contributed by atoms with Crippen molar-refractivity contribution in [1.29, 1.82) is 0 Å². The molecule has 2 bridgehead atoms. The third kappa shape index (κ3) is 2.70. The molecule has 5 heteroatoms. The average molecular weight is 289 g/mol. The van der Waals surface area contributed by atoms with Crippen LogP contribution in [0.4, 0.5) is 11.4 Å². The quantitative estimate of drug-likeness (QED) is 0.833. The Morgan fingerprint density at radius 2 is 2.29 bits per heavy atom. The molecule has 1 aliphatic carbocycles. The molecular formula is C16H23N3O2. The third-order valence-electron chi connectivity index (χ3n) is 4.81. The zero-order valence-corrected chi connectivity index (χ0v) is 12.6. The molecule has 2 aliphatic rings. The van der Waals surface area contributed by atoms with Gasteiger partial charge in [-0.25, -0.2) is 0 Å². The summed E-state index contributed by atoms with van der Waals surface area (Å²) in [6, 6.07) is 5.73. The number of amides is 1. The summed E-state index contributed by atoms with van der Waals surface area (Å²) in [4.78, 5) is 14.8. The second-order valence-electron chi connectivity index (χ2n) is 6.15. The van der Waals surface area contributed by atoms with Gasteiger partial charge in [0.2, 0.25) is 5.91 Å². The molecule has 3 rings (SSSR count). The van der Waals surface area contributed by atoms with Crippen molar-refractivity contribution < 1.29 is 9.53 Å². The number of ether oxygens (including phenoxy) is 1. The van der Waals surface area contributed by atoms with E-state index in [0.29, 0.717) is 23.2 Å². The lowest BCUT2D eigenvalue weighted by molar-refractivity contribution is -0.121. The van der Waals surface area contributed by atoms with Gasteiger partial charge in [-0.05, 0) is 50.3 Å². The molecule has 0 radical (unpaired) electrons. The van der Waals surface area contributed by atoms with Crippen molar-refractivity contribution >= 4 is 17.3 Å². The van der Waals surface area contributed by atoms with Crippen LogP contribution in [0.5, 0.6) is 5.75 Å². The molecule has 21 heavy (non-hydrogen) atoms. The van der Waals surface area contributed by atoms with Crippen LogP contribution in [0.3, 0.4) is 0 Å². The van der Waals surface area contributed by atoms with Crippen LogP contribution >= 0.6 is 0 Å². The minimum atomic E-state index is -0.119. The Bertz CT molecular complexity index is 546. The molecule has 1 aromatic rings. The Kier molecular flexibility index (Phi) is 3.76. The van der Waals surface area contributed by atoms with E-state index < -0.39 is 0 Å². The van der Waals surface area contributed by atoms with Crippen molar-refractivity contribution in [2.24, 2.45) is 5.92 Å². The number of rotatable bonds is 4. The number of nitrogens with two attached hydrogens (primary N) is 1. The van der Waals surface area contributed by atoms with E-state index in [1.807, 2.05) is 6.92 Å². The van der Waals surface area contributed by atoms with Gasteiger partial charge in [0.1, 0.15) is 5.75 Å². The number of nitrogens with one attached hydrogen (secondary N) is 1. The molecule has 1 saturated heterocycles. The lowest BCUT2D eigenvalue weighted by Gasteiger charge is -2.31. The Morgan fingerprint density at radius 3 is 2.90 bits per heavy atom. The number of fused-ring (bicyclic) bond motifs is 2. The largest absolute Gasteiger partial charge is 0.495 e. The van der Waals surface area contributed by atoms with Crippen molar-refractivity contribution in [3.05, 3.63) is 18.2 Å². The minimum Gasteiger partial charge on any atom is -0.495 e. The van der Waals surface area contributed by atoms with Crippen LogP contribution in [-0.2, 0) is 4.79 Å². The summed E-state index contributed by atoms with van der Waals surface area (Å²) in [6.45, 7) is 3.03. The Morgan fingerprint density at radius 1 is 1.48 bits per heavy atom. The SMILES string of the molecule is COc1ccc(N)cc1NC(=O)C(C)N1CC2CCC1C2. The van der Waals surface area contributed by atoms with Gasteiger partial charge in [-0.2, -0.15) is 0 Å². The van der Waals surface area contributed by atoms with Crippen LogP contribution in [0.1, 0.15) is 26.2 Å². The summed E-state index contributed by atoms with van der Waals surface area (Å²) < 4.78 is 5.27. The van der Waals surface area contributed by atoms with Gasteiger partial charge < -0.3 is 15.8 Å². The number of carbonyl (C=O) groups excluding carboxylic acids is 1. The molecule has 114 valence electrons. The molecule has 0 spiro atoms. The first-order valence-electron chi connectivity index (χ1n) is 7.58. The van der Waals surface area contributed by atoms with Crippen molar-refractivity contribution in [1.82, 2.24) is 4.90 Å². The van der Waals surface area contributed by atoms with Crippen LogP contribution < -0.4 is 15.8 Å². The molecule has 2 fully saturated rings. The van der Waals surface area contributed by atoms with Crippen molar-refractivity contribution in [3.63, 3.8) is 0 Å². The van der Waals surface area contributed by atoms with E-state index in [2.05, 4.69) is 10.2 Å². The molecule has 3 atom stereocenters. The highest BCUT2D eigenvalue weighted by atomic mass is 16.5. The molecule has 1 saturated carbocycles. The highest BCUT2D eigenvalue weighted by Gasteiger charge is 2.41. The predicted octanol–water partition coefficient (Wildman–Crippen LogP) is 2.09. The number of carbonyl (C=O) groups is 1. The number of benzene rings is 1. The second-order valence-corrected chi connectivity index (χ2v) is 6.15. The number of likely N-dealkylation sites (tertiary alicyclic amines) is 1. The number of piperidine rings is 1. The predicted molar refractivity (Wildman–Crippen MR) is 83.3 cm³/mol. The van der Waals surface area contributed by atoms with Crippen molar-refractivity contribution in [2.45, 2.75) is 38.3 Å². The number of methoxy groups -OCH3 is 1. The van der Waals surface area contributed by atoms with Gasteiger partial charge in [-0.3, -0.25) is 9.69 Å². The van der Waals surface area contributed by atoms with Gasteiger partial charge in [0.25, 0.3) is 0 Å². The Labute approximate surface area is 125 Å². The van der Waals surface area contributed by atoms with Gasteiger partial charge in [-0.15, -0.1) is 0 Å². The fraction of sp³-hybridized carbons (Fsp3) is 0.562. The monoisotopic (exact) mass is 289 g/mol. The highest BCUT2D eigenvalue weighted by molar-refractivity contribution is 5.96. The van der Waals surface area contributed by atoms with Crippen LogP contribution in [0.15, 0.2) is 18.2 Å². The first kappa shape index (κ1) is 14.2. The molecule has 3 N–H and O–H groups in total. The fourth-order valence-electron chi connectivity index (χ4n) is 3.65. The van der Waals surface area contributed by atoms with Crippen molar-refractivity contribution in [3.8, 4) is 5.75 Å². The van der Waals surface area contributed by atoms with Gasteiger partial charge in [0.05, 0.1) is 18.8 Å². The van der Waals surface area contributed by atoms with E-state index in [4.69, 9.17) is 10.5 Å². The first-order chi connectivity index (χ1) is 10.1. The van der Waals surface area contributed by atoms with Gasteiger partial charge >= 0.3 is 0 Å². The van der Waals surface area contributed by atoms with Crippen LogP contribution in [-0.4, -0.2) is 36.5 Å². The third-order valence-corrected chi connectivity index (χ3v) is 4.81. The van der Waals surface area contributed by atoms with Crippen LogP contribution in [0, 0.1) is 5.92 Å². The lowest BCUT2D eigenvalue weighted by atomic mass is 10.1. The zero-order chi connectivity index (χ0) is 15.0. The zero-order valence-electron chi connectivity index (χ0n) is 12.6. The molecule has 3 unspecified atom stereocenters. The van der Waals surface area contributed by atoms with E-state index >= 15 is 0 Å². The maximum atomic E-state index is 12.5. The van der Waals surface area contributed by atoms with Crippen LogP contribution in [0.2, 0.25) is 0 Å². The van der Waals surface area contributed by atoms with Crippen LogP contribution in [0.25, 0.3) is 0 Å².